The highest BCUT2D eigenvalue weighted by Crippen LogP contribution is 2.30. The van der Waals surface area contributed by atoms with Crippen LogP contribution in [0.15, 0.2) is 85.1 Å². The first-order chi connectivity index (χ1) is 43.1. The number of hydrogen-bond acceptors (Lipinski definition) is 13. The molecule has 2 aliphatic heterocycles. The van der Waals surface area contributed by atoms with Crippen molar-refractivity contribution < 1.29 is 64.6 Å². The highest BCUT2D eigenvalue weighted by atomic mass is 16.7. The van der Waals surface area contributed by atoms with Crippen molar-refractivity contribution in [3.63, 3.8) is 0 Å². The summed E-state index contributed by atoms with van der Waals surface area (Å²) in [7, 11) is 0. The van der Waals surface area contributed by atoms with E-state index in [2.05, 4.69) is 92.1 Å². The highest BCUT2D eigenvalue weighted by molar-refractivity contribution is 5.76. The van der Waals surface area contributed by atoms with Gasteiger partial charge >= 0.3 is 0 Å². The first-order valence-corrected chi connectivity index (χ1v) is 35.8. The van der Waals surface area contributed by atoms with Crippen LogP contribution in [0, 0.1) is 0 Å². The molecule has 14 heteroatoms. The fraction of sp³-hybridized carbons (Fsp3) is 0.797. The second-order valence-electron chi connectivity index (χ2n) is 25.0. The van der Waals surface area contributed by atoms with Gasteiger partial charge in [0.25, 0.3) is 0 Å². The number of amides is 1. The molecule has 2 fully saturated rings. The minimum Gasteiger partial charge on any atom is -0.394 e. The molecule has 2 heterocycles. The number of allylic oxidation sites excluding steroid dienone is 13. The van der Waals surface area contributed by atoms with Gasteiger partial charge in [-0.05, 0) is 83.5 Å². The summed E-state index contributed by atoms with van der Waals surface area (Å²) >= 11 is 0. The van der Waals surface area contributed by atoms with Gasteiger partial charge in [0.15, 0.2) is 12.6 Å². The van der Waals surface area contributed by atoms with E-state index in [1.165, 1.54) is 180 Å². The third kappa shape index (κ3) is 41.6. The molecule has 0 aromatic heterocycles. The van der Waals surface area contributed by atoms with E-state index in [1.807, 2.05) is 6.08 Å². The molecular weight excluding hydrogens is 1110 g/mol. The van der Waals surface area contributed by atoms with Gasteiger partial charge in [0.1, 0.15) is 48.8 Å². The van der Waals surface area contributed by atoms with E-state index in [4.69, 9.17) is 18.9 Å². The van der Waals surface area contributed by atoms with Crippen LogP contribution < -0.4 is 5.32 Å². The van der Waals surface area contributed by atoms with Gasteiger partial charge in [-0.15, -0.1) is 0 Å². The molecule has 2 saturated heterocycles. The van der Waals surface area contributed by atoms with Gasteiger partial charge in [-0.25, -0.2) is 0 Å². The summed E-state index contributed by atoms with van der Waals surface area (Å²) in [6, 6.07) is -0.944. The molecular formula is C74H131NO13. The summed E-state index contributed by atoms with van der Waals surface area (Å²) in [6.07, 6.45) is 63.5. The van der Waals surface area contributed by atoms with Crippen molar-refractivity contribution in [3.05, 3.63) is 85.1 Å². The average Bonchev–Trinajstić information content (AvgIpc) is 1.93. The molecule has 0 aromatic carbocycles. The number of rotatable bonds is 58. The van der Waals surface area contributed by atoms with Crippen LogP contribution in [0.1, 0.15) is 284 Å². The molecule has 9 N–H and O–H groups in total. The van der Waals surface area contributed by atoms with Gasteiger partial charge in [-0.1, -0.05) is 279 Å². The van der Waals surface area contributed by atoms with Crippen LogP contribution in [0.2, 0.25) is 0 Å². The van der Waals surface area contributed by atoms with Gasteiger partial charge in [0.05, 0.1) is 32.0 Å². The normalized spacial score (nSPS) is 23.7. The molecule has 0 aromatic rings. The van der Waals surface area contributed by atoms with Crippen molar-refractivity contribution in [1.29, 1.82) is 0 Å². The van der Waals surface area contributed by atoms with Crippen LogP contribution in [0.4, 0.5) is 0 Å². The molecule has 0 saturated carbocycles. The molecule has 12 atom stereocenters. The monoisotopic (exact) mass is 1240 g/mol. The first kappa shape index (κ1) is 81.3. The van der Waals surface area contributed by atoms with Crippen molar-refractivity contribution in [2.75, 3.05) is 19.8 Å². The van der Waals surface area contributed by atoms with Gasteiger partial charge in [0, 0.05) is 6.42 Å². The predicted molar refractivity (Wildman–Crippen MR) is 360 cm³/mol. The molecule has 88 heavy (non-hydrogen) atoms. The third-order valence-corrected chi connectivity index (χ3v) is 17.0. The quantitative estimate of drug-likeness (QED) is 0.0204. The van der Waals surface area contributed by atoms with E-state index in [0.717, 1.165) is 70.6 Å². The number of unbranched alkanes of at least 4 members (excludes halogenated alkanes) is 33. The summed E-state index contributed by atoms with van der Waals surface area (Å²) in [4.78, 5) is 13.3. The molecule has 14 nitrogen and oxygen atoms in total. The molecule has 0 bridgehead atoms. The van der Waals surface area contributed by atoms with E-state index < -0.39 is 86.8 Å². The number of ether oxygens (including phenoxy) is 4. The zero-order valence-corrected chi connectivity index (χ0v) is 55.4. The van der Waals surface area contributed by atoms with Crippen LogP contribution in [0.3, 0.4) is 0 Å². The van der Waals surface area contributed by atoms with E-state index in [0.29, 0.717) is 12.8 Å². The second-order valence-corrected chi connectivity index (χ2v) is 25.0. The molecule has 0 radical (unpaired) electrons. The Hall–Kier alpha value is -2.83. The van der Waals surface area contributed by atoms with Crippen molar-refractivity contribution in [3.8, 4) is 0 Å². The Morgan fingerprint density at radius 1 is 0.420 bits per heavy atom. The number of aliphatic hydroxyl groups is 8. The fourth-order valence-electron chi connectivity index (χ4n) is 11.4. The largest absolute Gasteiger partial charge is 0.394 e. The molecule has 510 valence electrons. The maximum absolute atomic E-state index is 13.3. The Morgan fingerprint density at radius 2 is 0.795 bits per heavy atom. The van der Waals surface area contributed by atoms with Crippen LogP contribution in [0.25, 0.3) is 0 Å². The van der Waals surface area contributed by atoms with Crippen LogP contribution in [0.5, 0.6) is 0 Å². The van der Waals surface area contributed by atoms with E-state index in [-0.39, 0.29) is 18.9 Å². The number of carbonyl (C=O) groups excluding carboxylic acids is 1. The summed E-state index contributed by atoms with van der Waals surface area (Å²) in [5.41, 5.74) is 0. The Bertz CT molecular complexity index is 1800. The lowest BCUT2D eigenvalue weighted by molar-refractivity contribution is -0.359. The Kier molecular flexibility index (Phi) is 53.6. The lowest BCUT2D eigenvalue weighted by Gasteiger charge is -2.46. The lowest BCUT2D eigenvalue weighted by Crippen LogP contribution is -2.65. The van der Waals surface area contributed by atoms with Crippen LogP contribution >= 0.6 is 0 Å². The number of nitrogens with one attached hydrogen (secondary N) is 1. The van der Waals surface area contributed by atoms with Crippen LogP contribution in [-0.4, -0.2) is 140 Å². The van der Waals surface area contributed by atoms with Crippen molar-refractivity contribution >= 4 is 5.91 Å². The molecule has 1 amide bonds. The molecule has 0 spiro atoms. The maximum atomic E-state index is 13.3. The smallest absolute Gasteiger partial charge is 0.220 e. The molecule has 2 aliphatic rings. The minimum absolute atomic E-state index is 0.254. The van der Waals surface area contributed by atoms with Crippen LogP contribution in [-0.2, 0) is 23.7 Å². The SMILES string of the molecule is CC/C=C\C/C=C\C/C=C\C/C=C\CCCCCCCCCCCCCCCCC(=O)NC(COC1OC(CO)C(OC2OC(CO)C(O)C(O)C2O)C(O)C1O)C(O)/C=C/CC/C=C/CC/C=C/CCCCCCCCCCCCCCCCCCC. The maximum Gasteiger partial charge on any atom is 0.220 e. The van der Waals surface area contributed by atoms with Gasteiger partial charge in [-0.3, -0.25) is 4.79 Å². The highest BCUT2D eigenvalue weighted by Gasteiger charge is 2.51. The molecule has 0 aliphatic carbocycles. The lowest BCUT2D eigenvalue weighted by atomic mass is 9.97. The third-order valence-electron chi connectivity index (χ3n) is 17.0. The number of hydrogen-bond donors (Lipinski definition) is 9. The zero-order valence-electron chi connectivity index (χ0n) is 55.4. The standard InChI is InChI=1S/C74H131NO13/c1-3-5-7-9-11-13-15-17-19-21-23-25-27-29-31-33-35-37-39-41-43-45-47-49-51-53-55-57-63(78)62(61-85-73-71(84)69(82)72(65(60-77)87-73)88-74-70(83)68(81)67(80)64(59-76)86-74)75-66(79)58-56-54-52-50-48-46-44-42-40-38-36-34-32-30-28-26-24-22-20-18-16-14-12-10-8-6-4-2/h6,8,12,14,18,20,24,26,39,41,47,49,55,57,62-65,67-74,76-78,80-84H,3-5,7,9-11,13,15-17,19,21-23,25,27-38,40,42-46,48,50-54,56,58-61H2,1-2H3,(H,75,79)/b8-6-,14-12-,20-18-,26-24-,41-39+,49-47+,57-55+. The minimum atomic E-state index is -1.80. The Morgan fingerprint density at radius 3 is 1.25 bits per heavy atom. The fourth-order valence-corrected chi connectivity index (χ4v) is 11.4. The zero-order chi connectivity index (χ0) is 63.8. The number of carbonyl (C=O) groups is 1. The second kappa shape index (κ2) is 58.0. The first-order valence-electron chi connectivity index (χ1n) is 35.8. The summed E-state index contributed by atoms with van der Waals surface area (Å²) in [5.74, 6) is -0.254. The summed E-state index contributed by atoms with van der Waals surface area (Å²) < 4.78 is 22.8. The van der Waals surface area contributed by atoms with E-state index in [1.54, 1.807) is 6.08 Å². The predicted octanol–water partition coefficient (Wildman–Crippen LogP) is 14.8. The van der Waals surface area contributed by atoms with Crippen molar-refractivity contribution in [1.82, 2.24) is 5.32 Å². The molecule has 12 unspecified atom stereocenters. The Labute approximate surface area is 535 Å². The summed E-state index contributed by atoms with van der Waals surface area (Å²) in [6.45, 7) is 2.69. The van der Waals surface area contributed by atoms with Gasteiger partial charge in [0.2, 0.25) is 5.91 Å². The molecule has 2 rings (SSSR count). The average molecular weight is 1240 g/mol. The topological polar surface area (TPSA) is 228 Å². The van der Waals surface area contributed by atoms with E-state index >= 15 is 0 Å². The van der Waals surface area contributed by atoms with Gasteiger partial charge < -0.3 is 65.1 Å². The number of aliphatic hydroxyl groups excluding tert-OH is 8. The van der Waals surface area contributed by atoms with E-state index in [9.17, 15) is 45.6 Å². The van der Waals surface area contributed by atoms with Gasteiger partial charge in [-0.2, -0.15) is 0 Å². The summed E-state index contributed by atoms with van der Waals surface area (Å²) in [5, 5.41) is 87.5. The Balaban J connectivity index is 1.70. The van der Waals surface area contributed by atoms with Crippen molar-refractivity contribution in [2.24, 2.45) is 0 Å². The van der Waals surface area contributed by atoms with Crippen molar-refractivity contribution in [2.45, 2.75) is 357 Å².